The second-order valence-corrected chi connectivity index (χ2v) is 7.31. The Labute approximate surface area is 139 Å². The summed E-state index contributed by atoms with van der Waals surface area (Å²) in [6.45, 7) is 5.73. The van der Waals surface area contributed by atoms with Gasteiger partial charge in [-0.15, -0.1) is 0 Å². The van der Waals surface area contributed by atoms with Gasteiger partial charge in [0.25, 0.3) is 0 Å². The zero-order valence-electron chi connectivity index (χ0n) is 14.4. The lowest BCUT2D eigenvalue weighted by Gasteiger charge is -2.37. The Kier molecular flexibility index (Phi) is 5.71. The molecule has 1 aliphatic heterocycles. The van der Waals surface area contributed by atoms with Gasteiger partial charge in [-0.3, -0.25) is 0 Å². The molecule has 3 rings (SSSR count). The lowest BCUT2D eigenvalue weighted by Crippen LogP contribution is -2.38. The first-order valence-corrected chi connectivity index (χ1v) is 9.16. The molecule has 1 heterocycles. The Morgan fingerprint density at radius 1 is 1.09 bits per heavy atom. The van der Waals surface area contributed by atoms with Crippen molar-refractivity contribution < 1.29 is 13.9 Å². The zero-order valence-corrected chi connectivity index (χ0v) is 14.4. The molecular weight excluding hydrogens is 291 g/mol. The van der Waals surface area contributed by atoms with Crippen molar-refractivity contribution in [2.24, 2.45) is 11.8 Å². The largest absolute Gasteiger partial charge is 0.352 e. The number of hydrogen-bond acceptors (Lipinski definition) is 2. The molecule has 1 aliphatic carbocycles. The average Bonchev–Trinajstić information content (AvgIpc) is 2.59. The van der Waals surface area contributed by atoms with Crippen LogP contribution < -0.4 is 0 Å². The van der Waals surface area contributed by atoms with Crippen LogP contribution in [0, 0.1) is 24.6 Å². The van der Waals surface area contributed by atoms with Crippen molar-refractivity contribution in [1.29, 1.82) is 0 Å². The first kappa shape index (κ1) is 16.9. The van der Waals surface area contributed by atoms with Crippen LogP contribution in [-0.4, -0.2) is 19.5 Å². The van der Waals surface area contributed by atoms with E-state index in [9.17, 15) is 4.39 Å². The maximum absolute atomic E-state index is 13.8. The molecule has 0 bridgehead atoms. The molecule has 0 aromatic heterocycles. The molecule has 2 aliphatic rings. The van der Waals surface area contributed by atoms with Crippen molar-refractivity contribution in [3.63, 3.8) is 0 Å². The number of benzene rings is 1. The van der Waals surface area contributed by atoms with Crippen LogP contribution in [0.5, 0.6) is 0 Å². The first-order valence-electron chi connectivity index (χ1n) is 9.16. The molecule has 128 valence electrons. The summed E-state index contributed by atoms with van der Waals surface area (Å²) in [7, 11) is 0. The molecule has 0 radical (unpaired) electrons. The smallest absolute Gasteiger partial charge is 0.160 e. The van der Waals surface area contributed by atoms with Gasteiger partial charge in [0.05, 0.1) is 13.2 Å². The van der Waals surface area contributed by atoms with Crippen LogP contribution in [0.2, 0.25) is 0 Å². The third-order valence-electron chi connectivity index (χ3n) is 5.51. The molecule has 2 fully saturated rings. The Hall–Kier alpha value is -0.930. The summed E-state index contributed by atoms with van der Waals surface area (Å²) in [5.74, 6) is 1.48. The third kappa shape index (κ3) is 4.13. The van der Waals surface area contributed by atoms with Crippen LogP contribution in [0.4, 0.5) is 4.39 Å². The van der Waals surface area contributed by atoms with Gasteiger partial charge in [0.1, 0.15) is 5.82 Å². The molecule has 2 nitrogen and oxygen atoms in total. The minimum absolute atomic E-state index is 0.0150. The van der Waals surface area contributed by atoms with Crippen molar-refractivity contribution in [3.05, 3.63) is 35.1 Å². The van der Waals surface area contributed by atoms with E-state index in [1.54, 1.807) is 6.07 Å². The van der Waals surface area contributed by atoms with Crippen molar-refractivity contribution in [2.75, 3.05) is 13.2 Å². The van der Waals surface area contributed by atoms with Crippen LogP contribution >= 0.6 is 0 Å². The summed E-state index contributed by atoms with van der Waals surface area (Å²) in [6, 6.07) is 5.72. The molecule has 23 heavy (non-hydrogen) atoms. The average molecular weight is 320 g/mol. The summed E-state index contributed by atoms with van der Waals surface area (Å²) in [4.78, 5) is 0. The van der Waals surface area contributed by atoms with Crippen molar-refractivity contribution in [2.45, 2.75) is 64.6 Å². The van der Waals surface area contributed by atoms with E-state index in [0.717, 1.165) is 50.0 Å². The molecule has 0 N–H and O–H groups in total. The minimum Gasteiger partial charge on any atom is -0.352 e. The highest BCUT2D eigenvalue weighted by atomic mass is 19.1. The molecular formula is C20H29FO2. The van der Waals surface area contributed by atoms with Gasteiger partial charge in [0.2, 0.25) is 0 Å². The molecule has 0 unspecified atom stereocenters. The Bertz CT molecular complexity index is 500. The van der Waals surface area contributed by atoms with Gasteiger partial charge >= 0.3 is 0 Å². The minimum atomic E-state index is -0.0782. The molecule has 0 amide bonds. The topological polar surface area (TPSA) is 18.5 Å². The van der Waals surface area contributed by atoms with Gasteiger partial charge in [-0.05, 0) is 62.1 Å². The van der Waals surface area contributed by atoms with Crippen molar-refractivity contribution in [3.8, 4) is 0 Å². The number of rotatable bonds is 4. The van der Waals surface area contributed by atoms with Gasteiger partial charge < -0.3 is 9.47 Å². The highest BCUT2D eigenvalue weighted by molar-refractivity contribution is 5.26. The molecule has 1 saturated carbocycles. The molecule has 1 saturated heterocycles. The van der Waals surface area contributed by atoms with Crippen LogP contribution in [0.3, 0.4) is 0 Å². The van der Waals surface area contributed by atoms with E-state index in [-0.39, 0.29) is 12.1 Å². The normalized spacial score (nSPS) is 32.0. The summed E-state index contributed by atoms with van der Waals surface area (Å²) in [5, 5.41) is 0. The van der Waals surface area contributed by atoms with Gasteiger partial charge in [-0.25, -0.2) is 4.39 Å². The highest BCUT2D eigenvalue weighted by Gasteiger charge is 2.32. The second-order valence-electron chi connectivity index (χ2n) is 7.31. The lowest BCUT2D eigenvalue weighted by atomic mass is 9.78. The SMILES string of the molecule is CCCC1COC(C2CCC(c3ccc(C)c(F)c3)CC2)OC1. The molecule has 0 spiro atoms. The first-order chi connectivity index (χ1) is 11.2. The molecule has 1 aromatic carbocycles. The summed E-state index contributed by atoms with van der Waals surface area (Å²) in [5.41, 5.74) is 1.88. The zero-order chi connectivity index (χ0) is 16.2. The number of halogens is 1. The van der Waals surface area contributed by atoms with E-state index in [4.69, 9.17) is 9.47 Å². The molecule has 3 heteroatoms. The monoisotopic (exact) mass is 320 g/mol. The predicted octanol–water partition coefficient (Wildman–Crippen LogP) is 5.20. The number of hydrogen-bond donors (Lipinski definition) is 0. The predicted molar refractivity (Wildman–Crippen MR) is 89.9 cm³/mol. The fourth-order valence-electron chi connectivity index (χ4n) is 3.99. The quantitative estimate of drug-likeness (QED) is 0.759. The van der Waals surface area contributed by atoms with Crippen LogP contribution in [0.15, 0.2) is 18.2 Å². The van der Waals surface area contributed by atoms with E-state index in [2.05, 4.69) is 13.0 Å². The number of aryl methyl sites for hydroxylation is 1. The third-order valence-corrected chi connectivity index (χ3v) is 5.51. The van der Waals surface area contributed by atoms with E-state index < -0.39 is 0 Å². The summed E-state index contributed by atoms with van der Waals surface area (Å²) >= 11 is 0. The van der Waals surface area contributed by atoms with Gasteiger partial charge in [0, 0.05) is 11.8 Å². The van der Waals surface area contributed by atoms with Gasteiger partial charge in [-0.1, -0.05) is 25.5 Å². The summed E-state index contributed by atoms with van der Waals surface area (Å²) in [6.07, 6.45) is 6.81. The Morgan fingerprint density at radius 3 is 2.39 bits per heavy atom. The molecule has 0 atom stereocenters. The van der Waals surface area contributed by atoms with E-state index in [0.29, 0.717) is 17.8 Å². The molecule has 1 aromatic rings. The maximum Gasteiger partial charge on any atom is 0.160 e. The van der Waals surface area contributed by atoms with E-state index in [1.165, 1.54) is 12.8 Å². The van der Waals surface area contributed by atoms with Crippen LogP contribution in [0.25, 0.3) is 0 Å². The maximum atomic E-state index is 13.8. The standard InChI is InChI=1S/C20H29FO2/c1-3-4-15-12-22-20(23-13-15)17-9-7-16(8-10-17)18-6-5-14(2)19(21)11-18/h5-6,11,15-17,20H,3-4,7-10,12-13H2,1-2H3. The Balaban J connectivity index is 1.50. The highest BCUT2D eigenvalue weighted by Crippen LogP contribution is 2.39. The van der Waals surface area contributed by atoms with Crippen molar-refractivity contribution in [1.82, 2.24) is 0 Å². The fourth-order valence-corrected chi connectivity index (χ4v) is 3.99. The lowest BCUT2D eigenvalue weighted by molar-refractivity contribution is -0.229. The van der Waals surface area contributed by atoms with Gasteiger partial charge in [-0.2, -0.15) is 0 Å². The fraction of sp³-hybridized carbons (Fsp3) is 0.700. The van der Waals surface area contributed by atoms with Crippen molar-refractivity contribution >= 4 is 0 Å². The van der Waals surface area contributed by atoms with Crippen LogP contribution in [-0.2, 0) is 9.47 Å². The van der Waals surface area contributed by atoms with E-state index >= 15 is 0 Å². The van der Waals surface area contributed by atoms with Gasteiger partial charge in [0.15, 0.2) is 6.29 Å². The van der Waals surface area contributed by atoms with E-state index in [1.807, 2.05) is 13.0 Å². The van der Waals surface area contributed by atoms with Crippen LogP contribution in [0.1, 0.15) is 62.5 Å². The Morgan fingerprint density at radius 2 is 1.78 bits per heavy atom. The summed E-state index contributed by atoms with van der Waals surface area (Å²) < 4.78 is 25.7. The second kappa shape index (κ2) is 7.76. The number of ether oxygens (including phenoxy) is 2.